The molecule has 1 fully saturated rings. The first kappa shape index (κ1) is 11.6. The number of hydrogen-bond acceptors (Lipinski definition) is 2. The highest BCUT2D eigenvalue weighted by atomic mass is 79.9. The zero-order valence-electron chi connectivity index (χ0n) is 9.00. The molecule has 0 atom stereocenters. The SMILES string of the molecule is CCn1c(CN2CC(C)C2)nc(Br)c1Br. The molecule has 5 heteroatoms. The van der Waals surface area contributed by atoms with Crippen molar-refractivity contribution in [1.82, 2.24) is 14.5 Å². The molecule has 15 heavy (non-hydrogen) atoms. The van der Waals surface area contributed by atoms with Gasteiger partial charge in [-0.25, -0.2) is 4.98 Å². The number of hydrogen-bond donors (Lipinski definition) is 0. The fourth-order valence-electron chi connectivity index (χ4n) is 2.04. The molecule has 0 amide bonds. The van der Waals surface area contributed by atoms with Crippen LogP contribution in [0, 0.1) is 5.92 Å². The van der Waals surface area contributed by atoms with E-state index in [1.165, 1.54) is 13.1 Å². The Kier molecular flexibility index (Phi) is 3.52. The summed E-state index contributed by atoms with van der Waals surface area (Å²) in [6.45, 7) is 8.74. The highest BCUT2D eigenvalue weighted by Gasteiger charge is 2.24. The molecule has 0 spiro atoms. The largest absolute Gasteiger partial charge is 0.321 e. The summed E-state index contributed by atoms with van der Waals surface area (Å²) in [5.41, 5.74) is 0. The predicted molar refractivity (Wildman–Crippen MR) is 67.7 cm³/mol. The maximum absolute atomic E-state index is 4.52. The van der Waals surface area contributed by atoms with Crippen molar-refractivity contribution in [2.24, 2.45) is 5.92 Å². The quantitative estimate of drug-likeness (QED) is 0.846. The Bertz CT molecular complexity index is 356. The van der Waals surface area contributed by atoms with Crippen molar-refractivity contribution >= 4 is 31.9 Å². The van der Waals surface area contributed by atoms with E-state index in [1.807, 2.05) is 0 Å². The van der Waals surface area contributed by atoms with Crippen molar-refractivity contribution in [2.45, 2.75) is 26.9 Å². The van der Waals surface area contributed by atoms with Crippen molar-refractivity contribution in [1.29, 1.82) is 0 Å². The van der Waals surface area contributed by atoms with E-state index in [2.05, 4.69) is 60.2 Å². The summed E-state index contributed by atoms with van der Waals surface area (Å²) in [4.78, 5) is 6.95. The van der Waals surface area contributed by atoms with Crippen LogP contribution < -0.4 is 0 Å². The predicted octanol–water partition coefficient (Wildman–Crippen LogP) is 2.88. The molecular formula is C10H15Br2N3. The molecule has 0 saturated carbocycles. The van der Waals surface area contributed by atoms with E-state index in [-0.39, 0.29) is 0 Å². The first-order chi connectivity index (χ1) is 7.11. The molecule has 0 aromatic carbocycles. The Hall–Kier alpha value is 0.130. The summed E-state index contributed by atoms with van der Waals surface area (Å²) < 4.78 is 4.16. The Morgan fingerprint density at radius 3 is 2.60 bits per heavy atom. The molecule has 0 N–H and O–H groups in total. The van der Waals surface area contributed by atoms with E-state index < -0.39 is 0 Å². The minimum absolute atomic E-state index is 0.849. The van der Waals surface area contributed by atoms with Crippen molar-refractivity contribution in [3.8, 4) is 0 Å². The average molecular weight is 337 g/mol. The summed E-state index contributed by atoms with van der Waals surface area (Å²) in [6, 6.07) is 0. The van der Waals surface area contributed by atoms with Crippen LogP contribution in [0.25, 0.3) is 0 Å². The van der Waals surface area contributed by atoms with E-state index in [4.69, 9.17) is 0 Å². The van der Waals surface area contributed by atoms with Crippen LogP contribution in [0.1, 0.15) is 19.7 Å². The summed E-state index contributed by atoms with van der Waals surface area (Å²) >= 11 is 6.99. The fraction of sp³-hybridized carbons (Fsp3) is 0.700. The standard InChI is InChI=1S/C10H15Br2N3/c1-3-15-8(13-9(11)10(15)12)6-14-4-7(2)5-14/h7H,3-6H2,1-2H3. The number of aromatic nitrogens is 2. The van der Waals surface area contributed by atoms with E-state index in [0.29, 0.717) is 0 Å². The number of rotatable bonds is 3. The summed E-state index contributed by atoms with van der Waals surface area (Å²) in [5, 5.41) is 0. The summed E-state index contributed by atoms with van der Waals surface area (Å²) in [6.07, 6.45) is 0. The first-order valence-electron chi connectivity index (χ1n) is 5.24. The number of nitrogens with zero attached hydrogens (tertiary/aromatic N) is 3. The van der Waals surface area contributed by atoms with Crippen LogP contribution in [-0.2, 0) is 13.1 Å². The van der Waals surface area contributed by atoms with Gasteiger partial charge in [-0.15, -0.1) is 0 Å². The highest BCUT2D eigenvalue weighted by molar-refractivity contribution is 9.13. The van der Waals surface area contributed by atoms with Gasteiger partial charge in [0.15, 0.2) is 0 Å². The Morgan fingerprint density at radius 1 is 1.40 bits per heavy atom. The second kappa shape index (κ2) is 4.55. The number of imidazole rings is 1. The second-order valence-electron chi connectivity index (χ2n) is 4.15. The van der Waals surface area contributed by atoms with E-state index in [9.17, 15) is 0 Å². The van der Waals surface area contributed by atoms with E-state index in [1.54, 1.807) is 0 Å². The molecular weight excluding hydrogens is 322 g/mol. The Balaban J connectivity index is 2.10. The lowest BCUT2D eigenvalue weighted by Gasteiger charge is -2.36. The van der Waals surface area contributed by atoms with Crippen LogP contribution in [-0.4, -0.2) is 27.5 Å². The molecule has 2 heterocycles. The number of likely N-dealkylation sites (tertiary alicyclic amines) is 1. The maximum atomic E-state index is 4.52. The molecule has 1 aliphatic heterocycles. The minimum Gasteiger partial charge on any atom is -0.321 e. The van der Waals surface area contributed by atoms with Gasteiger partial charge in [-0.2, -0.15) is 0 Å². The average Bonchev–Trinajstić information content (AvgIpc) is 2.40. The van der Waals surface area contributed by atoms with Crippen LogP contribution >= 0.6 is 31.9 Å². The van der Waals surface area contributed by atoms with Gasteiger partial charge in [0.25, 0.3) is 0 Å². The number of halogens is 2. The lowest BCUT2D eigenvalue weighted by atomic mass is 10.0. The van der Waals surface area contributed by atoms with Gasteiger partial charge in [-0.05, 0) is 44.7 Å². The van der Waals surface area contributed by atoms with Gasteiger partial charge >= 0.3 is 0 Å². The Morgan fingerprint density at radius 2 is 2.07 bits per heavy atom. The van der Waals surface area contributed by atoms with Gasteiger partial charge in [0.2, 0.25) is 0 Å². The first-order valence-corrected chi connectivity index (χ1v) is 6.83. The summed E-state index contributed by atoms with van der Waals surface area (Å²) in [7, 11) is 0. The third-order valence-electron chi connectivity index (χ3n) is 2.77. The summed E-state index contributed by atoms with van der Waals surface area (Å²) in [5.74, 6) is 1.99. The monoisotopic (exact) mass is 335 g/mol. The zero-order valence-corrected chi connectivity index (χ0v) is 12.2. The van der Waals surface area contributed by atoms with Gasteiger partial charge < -0.3 is 4.57 Å². The van der Waals surface area contributed by atoms with Crippen LogP contribution in [0.4, 0.5) is 0 Å². The topological polar surface area (TPSA) is 21.1 Å². The normalized spacial score (nSPS) is 18.1. The van der Waals surface area contributed by atoms with Gasteiger partial charge in [-0.1, -0.05) is 6.92 Å². The lowest BCUT2D eigenvalue weighted by Crippen LogP contribution is -2.44. The second-order valence-corrected chi connectivity index (χ2v) is 5.66. The molecule has 0 unspecified atom stereocenters. The molecule has 0 bridgehead atoms. The maximum Gasteiger partial charge on any atom is 0.139 e. The van der Waals surface area contributed by atoms with Crippen LogP contribution in [0.5, 0.6) is 0 Å². The molecule has 1 aliphatic rings. The van der Waals surface area contributed by atoms with Crippen LogP contribution in [0.2, 0.25) is 0 Å². The molecule has 3 nitrogen and oxygen atoms in total. The van der Waals surface area contributed by atoms with Gasteiger partial charge in [0.05, 0.1) is 6.54 Å². The molecule has 0 aliphatic carbocycles. The van der Waals surface area contributed by atoms with Gasteiger partial charge in [-0.3, -0.25) is 4.90 Å². The third kappa shape index (κ3) is 2.29. The third-order valence-corrected chi connectivity index (χ3v) is 4.66. The molecule has 2 rings (SSSR count). The van der Waals surface area contributed by atoms with Crippen molar-refractivity contribution in [3.05, 3.63) is 15.0 Å². The molecule has 1 aromatic heterocycles. The van der Waals surface area contributed by atoms with Gasteiger partial charge in [0.1, 0.15) is 15.0 Å². The minimum atomic E-state index is 0.849. The lowest BCUT2D eigenvalue weighted by molar-refractivity contribution is 0.100. The molecule has 1 saturated heterocycles. The van der Waals surface area contributed by atoms with Crippen LogP contribution in [0.3, 0.4) is 0 Å². The van der Waals surface area contributed by atoms with Crippen molar-refractivity contribution in [3.63, 3.8) is 0 Å². The van der Waals surface area contributed by atoms with Crippen molar-refractivity contribution in [2.75, 3.05) is 13.1 Å². The smallest absolute Gasteiger partial charge is 0.139 e. The van der Waals surface area contributed by atoms with E-state index >= 15 is 0 Å². The van der Waals surface area contributed by atoms with E-state index in [0.717, 1.165) is 34.0 Å². The highest BCUT2D eigenvalue weighted by Crippen LogP contribution is 2.26. The molecule has 0 radical (unpaired) electrons. The molecule has 84 valence electrons. The zero-order chi connectivity index (χ0) is 11.0. The van der Waals surface area contributed by atoms with Crippen LogP contribution in [0.15, 0.2) is 9.21 Å². The fourth-order valence-corrected chi connectivity index (χ4v) is 3.01. The van der Waals surface area contributed by atoms with Crippen molar-refractivity contribution < 1.29 is 0 Å². The van der Waals surface area contributed by atoms with Gasteiger partial charge in [0, 0.05) is 19.6 Å². The molecule has 1 aromatic rings. The Labute approximate surface area is 107 Å².